The fourth-order valence-corrected chi connectivity index (χ4v) is 2.96. The second-order valence-corrected chi connectivity index (χ2v) is 7.39. The van der Waals surface area contributed by atoms with Gasteiger partial charge in [-0.15, -0.1) is 0 Å². The molecule has 1 saturated heterocycles. The lowest BCUT2D eigenvalue weighted by atomic mass is 9.99. The SMILES string of the molecule is CN1CCN(CCC(C)(C)Nc2ccc([N+](=O)[O-])c(C(F)(F)F)c2)CC1. The lowest BCUT2D eigenvalue weighted by molar-refractivity contribution is -0.388. The Bertz CT molecular complexity index is 641. The van der Waals surface area contributed by atoms with Crippen molar-refractivity contribution < 1.29 is 18.1 Å². The molecular formula is C17H25F3N4O2. The molecule has 0 bridgehead atoms. The summed E-state index contributed by atoms with van der Waals surface area (Å²) in [7, 11) is 2.08. The van der Waals surface area contributed by atoms with Crippen LogP contribution < -0.4 is 5.32 Å². The average molecular weight is 374 g/mol. The van der Waals surface area contributed by atoms with Gasteiger partial charge in [-0.3, -0.25) is 10.1 Å². The number of nitrogens with one attached hydrogen (secondary N) is 1. The van der Waals surface area contributed by atoms with Gasteiger partial charge in [0.2, 0.25) is 0 Å². The zero-order valence-electron chi connectivity index (χ0n) is 15.3. The molecule has 6 nitrogen and oxygen atoms in total. The smallest absolute Gasteiger partial charge is 0.380 e. The summed E-state index contributed by atoms with van der Waals surface area (Å²) in [5, 5.41) is 13.9. The minimum absolute atomic E-state index is 0.228. The molecule has 2 rings (SSSR count). The van der Waals surface area contributed by atoms with Crippen LogP contribution in [-0.2, 0) is 6.18 Å². The largest absolute Gasteiger partial charge is 0.423 e. The van der Waals surface area contributed by atoms with E-state index in [1.807, 2.05) is 13.8 Å². The average Bonchev–Trinajstić information content (AvgIpc) is 2.53. The zero-order valence-corrected chi connectivity index (χ0v) is 15.3. The van der Waals surface area contributed by atoms with Crippen molar-refractivity contribution in [3.63, 3.8) is 0 Å². The summed E-state index contributed by atoms with van der Waals surface area (Å²) >= 11 is 0. The summed E-state index contributed by atoms with van der Waals surface area (Å²) in [5.41, 5.74) is -2.38. The molecule has 0 radical (unpaired) electrons. The van der Waals surface area contributed by atoms with Crippen LogP contribution in [0.4, 0.5) is 24.5 Å². The predicted molar refractivity (Wildman–Crippen MR) is 94.4 cm³/mol. The Morgan fingerprint density at radius 1 is 1.19 bits per heavy atom. The predicted octanol–water partition coefficient (Wildman–Crippen LogP) is 3.44. The van der Waals surface area contributed by atoms with Crippen LogP contribution in [0.1, 0.15) is 25.8 Å². The number of benzene rings is 1. The van der Waals surface area contributed by atoms with Gasteiger partial charge >= 0.3 is 6.18 Å². The molecule has 1 aromatic carbocycles. The van der Waals surface area contributed by atoms with Crippen LogP contribution in [0.3, 0.4) is 0 Å². The Balaban J connectivity index is 2.05. The summed E-state index contributed by atoms with van der Waals surface area (Å²) < 4.78 is 39.3. The summed E-state index contributed by atoms with van der Waals surface area (Å²) in [4.78, 5) is 14.4. The molecule has 0 aromatic heterocycles. The van der Waals surface area contributed by atoms with Crippen molar-refractivity contribution >= 4 is 11.4 Å². The second kappa shape index (κ2) is 7.79. The highest BCUT2D eigenvalue weighted by Crippen LogP contribution is 2.38. The van der Waals surface area contributed by atoms with Gasteiger partial charge in [0, 0.05) is 50.0 Å². The van der Waals surface area contributed by atoms with Crippen molar-refractivity contribution in [3.05, 3.63) is 33.9 Å². The first-order valence-electron chi connectivity index (χ1n) is 8.53. The number of alkyl halides is 3. The van der Waals surface area contributed by atoms with Crippen LogP contribution in [0.15, 0.2) is 18.2 Å². The Morgan fingerprint density at radius 3 is 2.35 bits per heavy atom. The third-order valence-corrected chi connectivity index (χ3v) is 4.63. The van der Waals surface area contributed by atoms with E-state index in [2.05, 4.69) is 22.2 Å². The number of hydrogen-bond donors (Lipinski definition) is 1. The van der Waals surface area contributed by atoms with Crippen molar-refractivity contribution in [2.24, 2.45) is 0 Å². The molecule has 1 aliphatic rings. The molecule has 1 heterocycles. The van der Waals surface area contributed by atoms with Gasteiger partial charge in [0.05, 0.1) is 4.92 Å². The van der Waals surface area contributed by atoms with Gasteiger partial charge in [0.15, 0.2) is 0 Å². The van der Waals surface area contributed by atoms with Gasteiger partial charge in [0.25, 0.3) is 5.69 Å². The number of anilines is 1. The molecule has 0 spiro atoms. The maximum Gasteiger partial charge on any atom is 0.423 e. The number of likely N-dealkylation sites (N-methyl/N-ethyl adjacent to an activating group) is 1. The summed E-state index contributed by atoms with van der Waals surface area (Å²) in [6.45, 7) is 8.63. The molecule has 0 atom stereocenters. The molecule has 0 amide bonds. The highest BCUT2D eigenvalue weighted by Gasteiger charge is 2.38. The summed E-state index contributed by atoms with van der Waals surface area (Å²) in [6, 6.07) is 3.04. The zero-order chi connectivity index (χ0) is 19.5. The first-order chi connectivity index (χ1) is 12.0. The van der Waals surface area contributed by atoms with Crippen molar-refractivity contribution in [2.75, 3.05) is 45.1 Å². The first-order valence-corrected chi connectivity index (χ1v) is 8.53. The van der Waals surface area contributed by atoms with Gasteiger partial charge in [-0.2, -0.15) is 13.2 Å². The van der Waals surface area contributed by atoms with Crippen molar-refractivity contribution in [1.29, 1.82) is 0 Å². The number of nitro benzene ring substituents is 1. The number of rotatable bonds is 6. The number of hydrogen-bond acceptors (Lipinski definition) is 5. The van der Waals surface area contributed by atoms with E-state index >= 15 is 0 Å². The molecule has 1 aliphatic heterocycles. The molecule has 1 fully saturated rings. The van der Waals surface area contributed by atoms with Crippen molar-refractivity contribution in [3.8, 4) is 0 Å². The van der Waals surface area contributed by atoms with Gasteiger partial charge in [-0.25, -0.2) is 0 Å². The Morgan fingerprint density at radius 2 is 1.81 bits per heavy atom. The minimum atomic E-state index is -4.77. The molecule has 0 unspecified atom stereocenters. The molecule has 1 aromatic rings. The summed E-state index contributed by atoms with van der Waals surface area (Å²) in [5.74, 6) is 0. The van der Waals surface area contributed by atoms with E-state index in [1.54, 1.807) is 0 Å². The van der Waals surface area contributed by atoms with E-state index < -0.39 is 27.9 Å². The second-order valence-electron chi connectivity index (χ2n) is 7.39. The standard InChI is InChI=1S/C17H25F3N4O2/c1-16(2,6-7-23-10-8-22(3)9-11-23)21-13-4-5-15(24(25)26)14(12-13)17(18,19)20/h4-5,12,21H,6-11H2,1-3H3. The molecule has 26 heavy (non-hydrogen) atoms. The lowest BCUT2D eigenvalue weighted by Crippen LogP contribution is -2.46. The quantitative estimate of drug-likeness (QED) is 0.611. The third-order valence-electron chi connectivity index (χ3n) is 4.63. The van der Waals surface area contributed by atoms with E-state index in [0.717, 1.165) is 51.3 Å². The third kappa shape index (κ3) is 5.57. The van der Waals surface area contributed by atoms with Crippen LogP contribution in [0.25, 0.3) is 0 Å². The van der Waals surface area contributed by atoms with Gasteiger partial charge in [-0.05, 0) is 39.4 Å². The molecular weight excluding hydrogens is 349 g/mol. The monoisotopic (exact) mass is 374 g/mol. The van der Waals surface area contributed by atoms with Crippen LogP contribution >= 0.6 is 0 Å². The Hall–Kier alpha value is -1.87. The van der Waals surface area contributed by atoms with E-state index in [9.17, 15) is 23.3 Å². The number of halogens is 3. The summed E-state index contributed by atoms with van der Waals surface area (Å²) in [6.07, 6.45) is -4.03. The topological polar surface area (TPSA) is 61.6 Å². The van der Waals surface area contributed by atoms with Gasteiger partial charge < -0.3 is 15.1 Å². The Labute approximate surface area is 151 Å². The van der Waals surface area contributed by atoms with E-state index in [1.165, 1.54) is 6.07 Å². The maximum atomic E-state index is 13.1. The van der Waals surface area contributed by atoms with Crippen LogP contribution in [0.2, 0.25) is 0 Å². The lowest BCUT2D eigenvalue weighted by Gasteiger charge is -2.35. The normalized spacial score (nSPS) is 17.3. The van der Waals surface area contributed by atoms with E-state index in [-0.39, 0.29) is 5.69 Å². The molecule has 0 saturated carbocycles. The number of nitrogens with zero attached hydrogens (tertiary/aromatic N) is 3. The minimum Gasteiger partial charge on any atom is -0.380 e. The van der Waals surface area contributed by atoms with Crippen LogP contribution in [0, 0.1) is 10.1 Å². The number of nitro groups is 1. The molecule has 146 valence electrons. The fraction of sp³-hybridized carbons (Fsp3) is 0.647. The van der Waals surface area contributed by atoms with E-state index in [0.29, 0.717) is 0 Å². The van der Waals surface area contributed by atoms with Gasteiger partial charge in [0.1, 0.15) is 5.56 Å². The molecule has 9 heteroatoms. The Kier molecular flexibility index (Phi) is 6.13. The van der Waals surface area contributed by atoms with Crippen LogP contribution in [-0.4, -0.2) is 60.0 Å². The van der Waals surface area contributed by atoms with Crippen molar-refractivity contribution in [2.45, 2.75) is 32.0 Å². The number of piperazine rings is 1. The fourth-order valence-electron chi connectivity index (χ4n) is 2.96. The van der Waals surface area contributed by atoms with Gasteiger partial charge in [-0.1, -0.05) is 0 Å². The molecule has 0 aliphatic carbocycles. The first kappa shape index (κ1) is 20.4. The molecule has 1 N–H and O–H groups in total. The highest BCUT2D eigenvalue weighted by molar-refractivity contribution is 5.56. The maximum absolute atomic E-state index is 13.1. The van der Waals surface area contributed by atoms with E-state index in [4.69, 9.17) is 0 Å². The van der Waals surface area contributed by atoms with Crippen LogP contribution in [0.5, 0.6) is 0 Å². The van der Waals surface area contributed by atoms with Crippen molar-refractivity contribution in [1.82, 2.24) is 9.80 Å². The highest BCUT2D eigenvalue weighted by atomic mass is 19.4.